The third kappa shape index (κ3) is 4.28. The highest BCUT2D eigenvalue weighted by molar-refractivity contribution is 6.19. The van der Waals surface area contributed by atoms with Crippen molar-refractivity contribution in [2.24, 2.45) is 0 Å². The van der Waals surface area contributed by atoms with Gasteiger partial charge in [-0.15, -0.1) is 0 Å². The summed E-state index contributed by atoms with van der Waals surface area (Å²) in [6.45, 7) is 0. The van der Waals surface area contributed by atoms with E-state index in [9.17, 15) is 0 Å². The highest BCUT2D eigenvalue weighted by Crippen LogP contribution is 2.49. The van der Waals surface area contributed by atoms with Gasteiger partial charge in [0.1, 0.15) is 27.9 Å². The topological polar surface area (TPSA) is 42.7 Å². The van der Waals surface area contributed by atoms with Crippen LogP contribution in [0.1, 0.15) is 0 Å². The van der Waals surface area contributed by atoms with Gasteiger partial charge in [-0.2, -0.15) is 0 Å². The van der Waals surface area contributed by atoms with E-state index < -0.39 is 0 Å². The molecule has 0 saturated carbocycles. The van der Waals surface area contributed by atoms with Gasteiger partial charge in [-0.1, -0.05) is 127 Å². The standard InChI is InChI=1S/C48H29NO3/c1-3-13-30(14-4-1)33-19-11-20-37-39-29-32(25-28-44(39)50-46(33)37)49(41-22-12-21-36-35-17-7-9-23-42(35)51-47(36)41)40-27-26-34(31-15-5-2-6-16-31)48-45(40)38-18-8-10-24-43(38)52-48/h1-29H. The summed E-state index contributed by atoms with van der Waals surface area (Å²) < 4.78 is 20.1. The van der Waals surface area contributed by atoms with Gasteiger partial charge in [0.15, 0.2) is 5.58 Å². The first-order chi connectivity index (χ1) is 25.8. The van der Waals surface area contributed by atoms with E-state index in [1.165, 1.54) is 0 Å². The van der Waals surface area contributed by atoms with Crippen molar-refractivity contribution in [3.63, 3.8) is 0 Å². The lowest BCUT2D eigenvalue weighted by Gasteiger charge is -2.26. The molecular formula is C48H29NO3. The lowest BCUT2D eigenvalue weighted by molar-refractivity contribution is 0.668. The molecule has 11 rings (SSSR count). The van der Waals surface area contributed by atoms with Crippen molar-refractivity contribution in [1.29, 1.82) is 0 Å². The Labute approximate surface area is 298 Å². The van der Waals surface area contributed by atoms with E-state index in [1.54, 1.807) is 0 Å². The molecule has 0 fully saturated rings. The number of para-hydroxylation sites is 4. The van der Waals surface area contributed by atoms with Crippen molar-refractivity contribution in [2.45, 2.75) is 0 Å². The van der Waals surface area contributed by atoms with Crippen LogP contribution in [0.15, 0.2) is 189 Å². The van der Waals surface area contributed by atoms with Crippen LogP contribution in [0.2, 0.25) is 0 Å². The molecule has 0 bridgehead atoms. The summed E-state index contributed by atoms with van der Waals surface area (Å²) in [4.78, 5) is 2.32. The van der Waals surface area contributed by atoms with Gasteiger partial charge in [0, 0.05) is 43.7 Å². The van der Waals surface area contributed by atoms with E-state index in [4.69, 9.17) is 13.3 Å². The van der Waals surface area contributed by atoms with Crippen molar-refractivity contribution >= 4 is 82.9 Å². The number of anilines is 3. The van der Waals surface area contributed by atoms with E-state index in [1.807, 2.05) is 36.4 Å². The van der Waals surface area contributed by atoms with Gasteiger partial charge < -0.3 is 18.2 Å². The Hall–Kier alpha value is -7.04. The molecule has 0 aliphatic rings. The molecule has 0 amide bonds. The molecule has 3 heterocycles. The maximum absolute atomic E-state index is 6.74. The second kappa shape index (κ2) is 11.2. The predicted octanol–water partition coefficient (Wildman–Crippen LogP) is 14.2. The molecule has 11 aromatic rings. The summed E-state index contributed by atoms with van der Waals surface area (Å²) in [6.07, 6.45) is 0. The Kier molecular flexibility index (Phi) is 6.22. The molecule has 0 radical (unpaired) electrons. The van der Waals surface area contributed by atoms with Crippen LogP contribution < -0.4 is 4.90 Å². The number of benzene rings is 8. The van der Waals surface area contributed by atoms with Gasteiger partial charge in [-0.25, -0.2) is 0 Å². The van der Waals surface area contributed by atoms with E-state index in [2.05, 4.69) is 144 Å². The van der Waals surface area contributed by atoms with Crippen LogP contribution in [-0.2, 0) is 0 Å². The van der Waals surface area contributed by atoms with Crippen LogP contribution in [0.4, 0.5) is 17.1 Å². The Balaban J connectivity index is 1.23. The molecule has 0 N–H and O–H groups in total. The van der Waals surface area contributed by atoms with E-state index in [0.29, 0.717) is 0 Å². The average Bonchev–Trinajstić information content (AvgIpc) is 3.91. The van der Waals surface area contributed by atoms with E-state index in [-0.39, 0.29) is 0 Å². The summed E-state index contributed by atoms with van der Waals surface area (Å²) in [5.41, 5.74) is 12.3. The quantitative estimate of drug-likeness (QED) is 0.183. The fourth-order valence-electron chi connectivity index (χ4n) is 7.93. The Morgan fingerprint density at radius 2 is 0.885 bits per heavy atom. The third-order valence-electron chi connectivity index (χ3n) is 10.3. The molecule has 0 saturated heterocycles. The monoisotopic (exact) mass is 667 g/mol. The second-order valence-electron chi connectivity index (χ2n) is 13.2. The maximum atomic E-state index is 6.74. The molecule has 0 aliphatic carbocycles. The zero-order chi connectivity index (χ0) is 34.2. The molecular weight excluding hydrogens is 639 g/mol. The minimum Gasteiger partial charge on any atom is -0.455 e. The first-order valence-electron chi connectivity index (χ1n) is 17.5. The average molecular weight is 668 g/mol. The lowest BCUT2D eigenvalue weighted by atomic mass is 9.99. The van der Waals surface area contributed by atoms with Crippen LogP contribution >= 0.6 is 0 Å². The summed E-state index contributed by atoms with van der Waals surface area (Å²) >= 11 is 0. The summed E-state index contributed by atoms with van der Waals surface area (Å²) in [7, 11) is 0. The summed E-state index contributed by atoms with van der Waals surface area (Å²) in [6, 6.07) is 61.1. The first kappa shape index (κ1) is 28.8. The summed E-state index contributed by atoms with van der Waals surface area (Å²) in [5, 5.41) is 6.35. The highest BCUT2D eigenvalue weighted by atomic mass is 16.3. The Morgan fingerprint density at radius 1 is 0.327 bits per heavy atom. The van der Waals surface area contributed by atoms with Crippen molar-refractivity contribution in [3.8, 4) is 22.3 Å². The molecule has 4 nitrogen and oxygen atoms in total. The molecule has 244 valence electrons. The SMILES string of the molecule is c1ccc(-c2cccc3c2oc2ccc(N(c4cccc5c4oc4ccccc45)c4ccc(-c5ccccc5)c5oc6ccccc6c45)cc23)cc1. The van der Waals surface area contributed by atoms with Gasteiger partial charge in [-0.3, -0.25) is 0 Å². The molecule has 0 spiro atoms. The van der Waals surface area contributed by atoms with Crippen molar-refractivity contribution in [3.05, 3.63) is 176 Å². The van der Waals surface area contributed by atoms with Crippen molar-refractivity contribution in [2.75, 3.05) is 4.90 Å². The van der Waals surface area contributed by atoms with Gasteiger partial charge in [0.05, 0.1) is 16.8 Å². The van der Waals surface area contributed by atoms with Crippen LogP contribution in [0, 0.1) is 0 Å². The number of fused-ring (bicyclic) bond motifs is 9. The smallest absolute Gasteiger partial charge is 0.159 e. The third-order valence-corrected chi connectivity index (χ3v) is 10.3. The van der Waals surface area contributed by atoms with Gasteiger partial charge in [0.25, 0.3) is 0 Å². The minimum atomic E-state index is 0.820. The maximum Gasteiger partial charge on any atom is 0.159 e. The second-order valence-corrected chi connectivity index (χ2v) is 13.2. The summed E-state index contributed by atoms with van der Waals surface area (Å²) in [5.74, 6) is 0. The number of nitrogens with zero attached hydrogens (tertiary/aromatic N) is 1. The van der Waals surface area contributed by atoms with E-state index in [0.717, 1.165) is 105 Å². The molecule has 0 atom stereocenters. The largest absolute Gasteiger partial charge is 0.455 e. The van der Waals surface area contributed by atoms with Crippen LogP contribution in [0.3, 0.4) is 0 Å². The Morgan fingerprint density at radius 3 is 1.65 bits per heavy atom. The van der Waals surface area contributed by atoms with Crippen LogP contribution in [0.5, 0.6) is 0 Å². The number of hydrogen-bond donors (Lipinski definition) is 0. The van der Waals surface area contributed by atoms with Crippen molar-refractivity contribution < 1.29 is 13.3 Å². The first-order valence-corrected chi connectivity index (χ1v) is 17.5. The van der Waals surface area contributed by atoms with Crippen LogP contribution in [-0.4, -0.2) is 0 Å². The zero-order valence-corrected chi connectivity index (χ0v) is 27.9. The predicted molar refractivity (Wildman–Crippen MR) is 214 cm³/mol. The van der Waals surface area contributed by atoms with E-state index >= 15 is 0 Å². The lowest BCUT2D eigenvalue weighted by Crippen LogP contribution is -2.10. The number of furan rings is 3. The van der Waals surface area contributed by atoms with Crippen LogP contribution in [0.25, 0.3) is 88.1 Å². The molecule has 3 aromatic heterocycles. The minimum absolute atomic E-state index is 0.820. The van der Waals surface area contributed by atoms with Gasteiger partial charge in [0.2, 0.25) is 0 Å². The number of hydrogen-bond acceptors (Lipinski definition) is 4. The number of rotatable bonds is 5. The van der Waals surface area contributed by atoms with Gasteiger partial charge in [-0.05, 0) is 59.7 Å². The molecule has 0 aliphatic heterocycles. The fourth-order valence-corrected chi connectivity index (χ4v) is 7.93. The molecule has 52 heavy (non-hydrogen) atoms. The molecule has 0 unspecified atom stereocenters. The zero-order valence-electron chi connectivity index (χ0n) is 27.9. The van der Waals surface area contributed by atoms with Crippen molar-refractivity contribution in [1.82, 2.24) is 0 Å². The fraction of sp³-hybridized carbons (Fsp3) is 0. The molecule has 8 aromatic carbocycles. The normalized spacial score (nSPS) is 11.8. The Bertz CT molecular complexity index is 3130. The van der Waals surface area contributed by atoms with Gasteiger partial charge >= 0.3 is 0 Å². The molecule has 4 heteroatoms. The highest BCUT2D eigenvalue weighted by Gasteiger charge is 2.25.